The molecule has 0 amide bonds. The summed E-state index contributed by atoms with van der Waals surface area (Å²) in [5, 5.41) is 3.40. The van der Waals surface area contributed by atoms with Gasteiger partial charge in [-0.1, -0.05) is 27.0 Å². The second-order valence-corrected chi connectivity index (χ2v) is 6.00. The molecule has 2 saturated carbocycles. The number of hydrogen-bond acceptors (Lipinski definition) is 2. The van der Waals surface area contributed by atoms with Gasteiger partial charge in [-0.05, 0) is 18.3 Å². The van der Waals surface area contributed by atoms with Crippen LogP contribution in [0.15, 0.2) is 24.6 Å². The van der Waals surface area contributed by atoms with Gasteiger partial charge in [-0.3, -0.25) is 0 Å². The van der Waals surface area contributed by atoms with E-state index in [2.05, 4.69) is 32.3 Å². The Morgan fingerprint density at radius 1 is 1.13 bits per heavy atom. The Labute approximate surface area is 90.4 Å². The normalized spacial score (nSPS) is 64.1. The Hall–Kier alpha value is -0.760. The molecule has 2 bridgehead atoms. The van der Waals surface area contributed by atoms with Crippen molar-refractivity contribution in [2.24, 2.45) is 22.7 Å². The highest BCUT2D eigenvalue weighted by Gasteiger charge is 2.79. The number of ether oxygens (including phenoxy) is 1. The molecular weight excluding hydrogens is 186 g/mol. The minimum absolute atomic E-state index is 0.173. The lowest BCUT2D eigenvalue weighted by molar-refractivity contribution is 0.118. The standard InChI is InChI=1S/C13H17NO/c1-6-12(3)8-5-9(11-10(8)15-11)13(12,4)7(2)14-6/h8-11,14H,1-2,5H2,3-4H3. The molecule has 2 aliphatic carbocycles. The maximum absolute atomic E-state index is 5.79. The Kier molecular flexibility index (Phi) is 1.07. The van der Waals surface area contributed by atoms with Crippen LogP contribution in [-0.4, -0.2) is 12.2 Å². The Morgan fingerprint density at radius 2 is 1.60 bits per heavy atom. The van der Waals surface area contributed by atoms with Gasteiger partial charge in [0.25, 0.3) is 0 Å². The summed E-state index contributed by atoms with van der Waals surface area (Å²) in [4.78, 5) is 0. The SMILES string of the molecule is C=C1NC(=C)C2(C)C3CC(C4OC43)C12C. The first-order valence-corrected chi connectivity index (χ1v) is 5.82. The zero-order chi connectivity index (χ0) is 10.6. The van der Waals surface area contributed by atoms with E-state index in [4.69, 9.17) is 4.74 Å². The molecule has 2 nitrogen and oxygen atoms in total. The Morgan fingerprint density at radius 3 is 2.07 bits per heavy atom. The maximum atomic E-state index is 5.79. The van der Waals surface area contributed by atoms with Crippen LogP contribution in [0.3, 0.4) is 0 Å². The average Bonchev–Trinajstić information content (AvgIpc) is 2.79. The maximum Gasteiger partial charge on any atom is 0.0882 e. The number of epoxide rings is 1. The van der Waals surface area contributed by atoms with E-state index in [1.54, 1.807) is 0 Å². The van der Waals surface area contributed by atoms with Crippen LogP contribution in [0, 0.1) is 22.7 Å². The van der Waals surface area contributed by atoms with Gasteiger partial charge in [0.15, 0.2) is 0 Å². The third-order valence-corrected chi connectivity index (χ3v) is 5.98. The van der Waals surface area contributed by atoms with Gasteiger partial charge in [-0.2, -0.15) is 0 Å². The summed E-state index contributed by atoms with van der Waals surface area (Å²) in [5.74, 6) is 1.33. The van der Waals surface area contributed by atoms with Crippen molar-refractivity contribution in [2.75, 3.05) is 0 Å². The molecule has 2 heterocycles. The van der Waals surface area contributed by atoms with Crippen molar-refractivity contribution in [1.82, 2.24) is 5.32 Å². The van der Waals surface area contributed by atoms with E-state index in [0.717, 1.165) is 11.4 Å². The number of hydrogen-bond donors (Lipinski definition) is 1. The van der Waals surface area contributed by atoms with Crippen molar-refractivity contribution in [3.05, 3.63) is 24.6 Å². The van der Waals surface area contributed by atoms with Gasteiger partial charge in [0.1, 0.15) is 0 Å². The topological polar surface area (TPSA) is 24.6 Å². The summed E-state index contributed by atoms with van der Waals surface area (Å²) < 4.78 is 5.79. The summed E-state index contributed by atoms with van der Waals surface area (Å²) in [6.07, 6.45) is 2.36. The predicted molar refractivity (Wildman–Crippen MR) is 57.9 cm³/mol. The molecule has 1 N–H and O–H groups in total. The van der Waals surface area contributed by atoms with E-state index < -0.39 is 0 Å². The largest absolute Gasteiger partial charge is 0.369 e. The van der Waals surface area contributed by atoms with Gasteiger partial charge in [0.05, 0.1) is 12.2 Å². The van der Waals surface area contributed by atoms with E-state index in [1.165, 1.54) is 6.42 Å². The van der Waals surface area contributed by atoms with Crippen molar-refractivity contribution in [3.63, 3.8) is 0 Å². The number of fused-ring (bicyclic) bond motifs is 8. The highest BCUT2D eigenvalue weighted by molar-refractivity contribution is 5.43. The fraction of sp³-hybridized carbons (Fsp3) is 0.692. The molecule has 2 saturated heterocycles. The minimum atomic E-state index is 0.173. The van der Waals surface area contributed by atoms with Gasteiger partial charge in [-0.25, -0.2) is 0 Å². The van der Waals surface area contributed by atoms with Gasteiger partial charge < -0.3 is 10.1 Å². The van der Waals surface area contributed by atoms with Crippen LogP contribution in [0.5, 0.6) is 0 Å². The molecule has 2 aliphatic heterocycles. The fourth-order valence-corrected chi connectivity index (χ4v) is 4.74. The minimum Gasteiger partial charge on any atom is -0.369 e. The molecule has 4 rings (SSSR count). The summed E-state index contributed by atoms with van der Waals surface area (Å²) >= 11 is 0. The monoisotopic (exact) mass is 203 g/mol. The van der Waals surface area contributed by atoms with Crippen molar-refractivity contribution < 1.29 is 4.74 Å². The average molecular weight is 203 g/mol. The van der Waals surface area contributed by atoms with Gasteiger partial charge >= 0.3 is 0 Å². The summed E-state index contributed by atoms with van der Waals surface area (Å²) in [6, 6.07) is 0. The zero-order valence-corrected chi connectivity index (χ0v) is 9.34. The van der Waals surface area contributed by atoms with Crippen LogP contribution >= 0.6 is 0 Å². The molecule has 4 fully saturated rings. The lowest BCUT2D eigenvalue weighted by Gasteiger charge is -2.42. The van der Waals surface area contributed by atoms with Crippen molar-refractivity contribution >= 4 is 0 Å². The fourth-order valence-electron chi connectivity index (χ4n) is 4.74. The molecule has 0 aromatic heterocycles. The molecule has 0 aromatic carbocycles. The van der Waals surface area contributed by atoms with E-state index in [1.807, 2.05) is 0 Å². The van der Waals surface area contributed by atoms with Gasteiger partial charge in [0, 0.05) is 22.2 Å². The van der Waals surface area contributed by atoms with E-state index in [0.29, 0.717) is 24.0 Å². The molecule has 0 spiro atoms. The predicted octanol–water partition coefficient (Wildman–Crippen LogP) is 2.05. The van der Waals surface area contributed by atoms with E-state index >= 15 is 0 Å². The third kappa shape index (κ3) is 0.569. The van der Waals surface area contributed by atoms with E-state index in [9.17, 15) is 0 Å². The molecule has 80 valence electrons. The van der Waals surface area contributed by atoms with Crippen LogP contribution in [-0.2, 0) is 4.74 Å². The van der Waals surface area contributed by atoms with Crippen molar-refractivity contribution in [2.45, 2.75) is 32.5 Å². The summed E-state index contributed by atoms with van der Waals surface area (Å²) in [6.45, 7) is 13.1. The molecular formula is C13H17NO. The molecule has 6 atom stereocenters. The first kappa shape index (κ1) is 8.40. The molecule has 2 heteroatoms. The Balaban J connectivity index is 1.97. The first-order valence-electron chi connectivity index (χ1n) is 5.82. The number of allylic oxidation sites excluding steroid dienone is 2. The smallest absolute Gasteiger partial charge is 0.0882 e. The zero-order valence-electron chi connectivity index (χ0n) is 9.34. The molecule has 0 aromatic rings. The highest BCUT2D eigenvalue weighted by Crippen LogP contribution is 2.77. The Bertz CT molecular complexity index is 379. The van der Waals surface area contributed by atoms with Gasteiger partial charge in [0.2, 0.25) is 0 Å². The summed E-state index contributed by atoms with van der Waals surface area (Å²) in [7, 11) is 0. The highest BCUT2D eigenvalue weighted by atomic mass is 16.6. The van der Waals surface area contributed by atoms with Gasteiger partial charge in [-0.15, -0.1) is 0 Å². The number of nitrogens with one attached hydrogen (secondary N) is 1. The molecule has 4 aliphatic rings. The first-order chi connectivity index (χ1) is 7.01. The third-order valence-electron chi connectivity index (χ3n) is 5.98. The molecule has 6 unspecified atom stereocenters. The summed E-state index contributed by atoms with van der Waals surface area (Å²) in [5.41, 5.74) is 2.67. The van der Waals surface area contributed by atoms with Crippen molar-refractivity contribution in [3.8, 4) is 0 Å². The van der Waals surface area contributed by atoms with Crippen LogP contribution in [0.2, 0.25) is 0 Å². The lowest BCUT2D eigenvalue weighted by atomic mass is 9.58. The lowest BCUT2D eigenvalue weighted by Crippen LogP contribution is -2.43. The quantitative estimate of drug-likeness (QED) is 0.609. The van der Waals surface area contributed by atoms with Crippen LogP contribution in [0.1, 0.15) is 20.3 Å². The van der Waals surface area contributed by atoms with Crippen molar-refractivity contribution in [1.29, 1.82) is 0 Å². The second-order valence-electron chi connectivity index (χ2n) is 6.00. The van der Waals surface area contributed by atoms with E-state index in [-0.39, 0.29) is 10.8 Å². The molecule has 0 radical (unpaired) electrons. The second kappa shape index (κ2) is 1.91. The number of rotatable bonds is 0. The van der Waals surface area contributed by atoms with Crippen LogP contribution in [0.4, 0.5) is 0 Å². The molecule has 15 heavy (non-hydrogen) atoms. The van der Waals surface area contributed by atoms with Crippen LogP contribution in [0.25, 0.3) is 0 Å². The van der Waals surface area contributed by atoms with Crippen LogP contribution < -0.4 is 5.32 Å².